The Balaban J connectivity index is 2.12. The molecular weight excluding hydrogens is 214 g/mol. The summed E-state index contributed by atoms with van der Waals surface area (Å²) in [5.41, 5.74) is 1.92. The van der Waals surface area contributed by atoms with E-state index in [2.05, 4.69) is 48.8 Å². The minimum atomic E-state index is 0.379. The Morgan fingerprint density at radius 1 is 1.31 bits per heavy atom. The van der Waals surface area contributed by atoms with Crippen molar-refractivity contribution in [3.63, 3.8) is 0 Å². The van der Waals surface area contributed by atoms with Gasteiger partial charge in [0.25, 0.3) is 0 Å². The van der Waals surface area contributed by atoms with E-state index >= 15 is 0 Å². The summed E-state index contributed by atoms with van der Waals surface area (Å²) in [4.78, 5) is 0. The molecule has 1 nitrogen and oxygen atoms in total. The van der Waals surface area contributed by atoms with E-state index in [1.165, 1.54) is 15.6 Å². The highest BCUT2D eigenvalue weighted by Gasteiger charge is 2.36. The minimum absolute atomic E-state index is 0.379. The third-order valence-electron chi connectivity index (χ3n) is 3.76. The van der Waals surface area contributed by atoms with Crippen LogP contribution in [0.1, 0.15) is 25.3 Å². The fraction of sp³-hybridized carbons (Fsp3) is 0.429. The van der Waals surface area contributed by atoms with Gasteiger partial charge in [0.15, 0.2) is 0 Å². The topological polar surface area (TPSA) is 12.0 Å². The lowest BCUT2D eigenvalue weighted by Crippen LogP contribution is -2.20. The number of fused-ring (bicyclic) bond motifs is 1. The largest absolute Gasteiger partial charge is 0.316 e. The Labute approximate surface area is 100 Å². The Hall–Kier alpha value is -0.860. The molecule has 0 saturated carbocycles. The second-order valence-electron chi connectivity index (χ2n) is 5.36. The molecule has 1 atom stereocenters. The van der Waals surface area contributed by atoms with Gasteiger partial charge in [0, 0.05) is 23.7 Å². The number of rotatable bonds is 1. The van der Waals surface area contributed by atoms with Crippen molar-refractivity contribution in [2.75, 3.05) is 13.1 Å². The van der Waals surface area contributed by atoms with Gasteiger partial charge in [-0.2, -0.15) is 0 Å². The molecule has 0 spiro atoms. The lowest BCUT2D eigenvalue weighted by Gasteiger charge is -2.25. The molecule has 1 aromatic heterocycles. The molecule has 1 N–H and O–H groups in total. The zero-order chi connectivity index (χ0) is 11.2. The number of hydrogen-bond acceptors (Lipinski definition) is 2. The average Bonchev–Trinajstić information content (AvgIpc) is 2.81. The molecule has 3 rings (SSSR count). The van der Waals surface area contributed by atoms with Crippen LogP contribution in [0.25, 0.3) is 10.1 Å². The lowest BCUT2D eigenvalue weighted by molar-refractivity contribution is 0.365. The van der Waals surface area contributed by atoms with Crippen LogP contribution in [0.4, 0.5) is 0 Å². The second kappa shape index (κ2) is 3.57. The van der Waals surface area contributed by atoms with Crippen LogP contribution in [0.5, 0.6) is 0 Å². The van der Waals surface area contributed by atoms with Gasteiger partial charge in [-0.25, -0.2) is 0 Å². The molecule has 1 aliphatic heterocycles. The van der Waals surface area contributed by atoms with E-state index in [9.17, 15) is 0 Å². The molecule has 1 fully saturated rings. The smallest absolute Gasteiger partial charge is 0.0345 e. The van der Waals surface area contributed by atoms with Crippen LogP contribution >= 0.6 is 11.3 Å². The monoisotopic (exact) mass is 231 g/mol. The van der Waals surface area contributed by atoms with Gasteiger partial charge in [0.05, 0.1) is 0 Å². The summed E-state index contributed by atoms with van der Waals surface area (Å²) in [5, 5.41) is 7.32. The Bertz CT molecular complexity index is 512. The zero-order valence-electron chi connectivity index (χ0n) is 9.79. The van der Waals surface area contributed by atoms with Gasteiger partial charge in [-0.3, -0.25) is 0 Å². The van der Waals surface area contributed by atoms with Gasteiger partial charge in [-0.05, 0) is 27.8 Å². The van der Waals surface area contributed by atoms with Crippen molar-refractivity contribution in [1.29, 1.82) is 0 Å². The van der Waals surface area contributed by atoms with Crippen molar-refractivity contribution in [3.05, 3.63) is 35.2 Å². The first-order valence-corrected chi connectivity index (χ1v) is 6.73. The number of benzene rings is 1. The van der Waals surface area contributed by atoms with Gasteiger partial charge in [0.1, 0.15) is 0 Å². The Morgan fingerprint density at radius 3 is 2.88 bits per heavy atom. The molecule has 0 amide bonds. The van der Waals surface area contributed by atoms with E-state index in [4.69, 9.17) is 0 Å². The van der Waals surface area contributed by atoms with Gasteiger partial charge >= 0.3 is 0 Å². The highest BCUT2D eigenvalue weighted by molar-refractivity contribution is 7.17. The summed E-state index contributed by atoms with van der Waals surface area (Å²) in [5.74, 6) is 0.656. The van der Waals surface area contributed by atoms with Crippen molar-refractivity contribution >= 4 is 21.4 Å². The Morgan fingerprint density at radius 2 is 2.12 bits per heavy atom. The van der Waals surface area contributed by atoms with Crippen LogP contribution in [0, 0.1) is 5.41 Å². The molecule has 1 unspecified atom stereocenters. The maximum atomic E-state index is 3.52. The quantitative estimate of drug-likeness (QED) is 0.790. The molecule has 16 heavy (non-hydrogen) atoms. The molecule has 1 aromatic carbocycles. The van der Waals surface area contributed by atoms with Gasteiger partial charge in [-0.15, -0.1) is 11.3 Å². The van der Waals surface area contributed by atoms with Crippen LogP contribution in [0.3, 0.4) is 0 Å². The summed E-state index contributed by atoms with van der Waals surface area (Å²) >= 11 is 1.87. The molecule has 1 saturated heterocycles. The maximum Gasteiger partial charge on any atom is 0.0345 e. The summed E-state index contributed by atoms with van der Waals surface area (Å²) in [7, 11) is 0. The van der Waals surface area contributed by atoms with Gasteiger partial charge in [0.2, 0.25) is 0 Å². The summed E-state index contributed by atoms with van der Waals surface area (Å²) in [6, 6.07) is 8.75. The molecule has 0 aliphatic carbocycles. The highest BCUT2D eigenvalue weighted by atomic mass is 32.1. The van der Waals surface area contributed by atoms with Crippen LogP contribution in [-0.4, -0.2) is 13.1 Å². The lowest BCUT2D eigenvalue weighted by atomic mass is 9.78. The first-order chi connectivity index (χ1) is 7.68. The maximum absolute atomic E-state index is 3.52. The van der Waals surface area contributed by atoms with Crippen molar-refractivity contribution in [2.24, 2.45) is 5.41 Å². The normalized spacial score (nSPS) is 24.0. The van der Waals surface area contributed by atoms with E-state index in [1.54, 1.807) is 0 Å². The zero-order valence-corrected chi connectivity index (χ0v) is 10.6. The van der Waals surface area contributed by atoms with Crippen molar-refractivity contribution in [2.45, 2.75) is 19.8 Å². The van der Waals surface area contributed by atoms with Crippen LogP contribution < -0.4 is 5.32 Å². The summed E-state index contributed by atoms with van der Waals surface area (Å²) in [6.45, 7) is 6.98. The molecule has 84 valence electrons. The highest BCUT2D eigenvalue weighted by Crippen LogP contribution is 2.42. The van der Waals surface area contributed by atoms with Crippen LogP contribution in [-0.2, 0) is 0 Å². The molecule has 2 heterocycles. The SMILES string of the molecule is CC1(C)CNCC1c1csc2ccccc12. The Kier molecular flexibility index (Phi) is 2.30. The first kappa shape index (κ1) is 10.3. The van der Waals surface area contributed by atoms with E-state index in [1.807, 2.05) is 11.3 Å². The van der Waals surface area contributed by atoms with E-state index in [0.717, 1.165) is 13.1 Å². The standard InChI is InChI=1S/C14H17NS/c1-14(2)9-15-7-12(14)11-8-16-13-6-4-3-5-10(11)13/h3-6,8,12,15H,7,9H2,1-2H3. The summed E-state index contributed by atoms with van der Waals surface area (Å²) in [6.07, 6.45) is 0. The molecule has 0 radical (unpaired) electrons. The number of thiophene rings is 1. The third kappa shape index (κ3) is 1.48. The van der Waals surface area contributed by atoms with Gasteiger partial charge in [-0.1, -0.05) is 32.0 Å². The molecule has 0 bridgehead atoms. The van der Waals surface area contributed by atoms with Gasteiger partial charge < -0.3 is 5.32 Å². The fourth-order valence-corrected chi connectivity index (χ4v) is 3.75. The van der Waals surface area contributed by atoms with E-state index in [-0.39, 0.29) is 0 Å². The predicted molar refractivity (Wildman–Crippen MR) is 71.2 cm³/mol. The number of hydrogen-bond donors (Lipinski definition) is 1. The molecule has 2 aromatic rings. The average molecular weight is 231 g/mol. The minimum Gasteiger partial charge on any atom is -0.316 e. The van der Waals surface area contributed by atoms with Crippen molar-refractivity contribution in [3.8, 4) is 0 Å². The van der Waals surface area contributed by atoms with Crippen LogP contribution in [0.2, 0.25) is 0 Å². The predicted octanol–water partition coefficient (Wildman–Crippen LogP) is 3.61. The van der Waals surface area contributed by atoms with Crippen LogP contribution in [0.15, 0.2) is 29.6 Å². The summed E-state index contributed by atoms with van der Waals surface area (Å²) < 4.78 is 1.42. The third-order valence-corrected chi connectivity index (χ3v) is 4.74. The van der Waals surface area contributed by atoms with Crippen molar-refractivity contribution in [1.82, 2.24) is 5.32 Å². The second-order valence-corrected chi connectivity index (χ2v) is 6.27. The molecule has 2 heteroatoms. The first-order valence-electron chi connectivity index (χ1n) is 5.85. The molecular formula is C14H17NS. The van der Waals surface area contributed by atoms with E-state index < -0.39 is 0 Å². The number of nitrogens with one attached hydrogen (secondary N) is 1. The fourth-order valence-electron chi connectivity index (χ4n) is 2.74. The van der Waals surface area contributed by atoms with Crippen molar-refractivity contribution < 1.29 is 0 Å². The molecule has 1 aliphatic rings. The van der Waals surface area contributed by atoms with E-state index in [0.29, 0.717) is 11.3 Å².